The first kappa shape index (κ1) is 43.4. The molecule has 0 saturated heterocycles. The van der Waals surface area contributed by atoms with Crippen LogP contribution in [0.2, 0.25) is 19.6 Å². The van der Waals surface area contributed by atoms with Crippen LogP contribution in [0.3, 0.4) is 0 Å². The SMILES string of the molecule is CC(C)Cc1cc(-c2[c-]ccc3c2CCCC3)ncc1[Si](C)(C)C.Cc1ccc2c(ccc3nc(-c4[c-]cc(C)c5c4oc4nc(-c6ccccc6)ccc45)n(C(C)C)c32)n1.[Ir]. The average molecular weight is 1010 g/mol. The van der Waals surface area contributed by atoms with Crippen molar-refractivity contribution in [3.05, 3.63) is 137 Å². The number of fused-ring (bicyclic) bond motifs is 7. The quantitative estimate of drug-likeness (QED) is 0.118. The van der Waals surface area contributed by atoms with Crippen LogP contribution >= 0.6 is 0 Å². The van der Waals surface area contributed by atoms with Gasteiger partial charge in [0.25, 0.3) is 0 Å². The number of benzene rings is 4. The molecule has 0 bridgehead atoms. The molecule has 4 aromatic carbocycles. The zero-order valence-corrected chi connectivity index (χ0v) is 40.8. The summed E-state index contributed by atoms with van der Waals surface area (Å²) < 4.78 is 8.79. The molecule has 0 saturated carbocycles. The van der Waals surface area contributed by atoms with Crippen LogP contribution in [0.15, 0.2) is 102 Å². The second kappa shape index (κ2) is 17.5. The second-order valence-electron chi connectivity index (χ2n) is 18.6. The molecule has 1 radical (unpaired) electrons. The zero-order valence-electron chi connectivity index (χ0n) is 37.4. The second-order valence-corrected chi connectivity index (χ2v) is 23.6. The van der Waals surface area contributed by atoms with E-state index in [0.717, 1.165) is 84.3 Å². The zero-order chi connectivity index (χ0) is 42.6. The van der Waals surface area contributed by atoms with Gasteiger partial charge in [0.2, 0.25) is 5.71 Å². The predicted octanol–water partition coefficient (Wildman–Crippen LogP) is 13.4. The Hall–Kier alpha value is -5.27. The van der Waals surface area contributed by atoms with Gasteiger partial charge in [0, 0.05) is 54.4 Å². The van der Waals surface area contributed by atoms with Gasteiger partial charge < -0.3 is 14.0 Å². The van der Waals surface area contributed by atoms with Crippen molar-refractivity contribution in [2.45, 2.75) is 99.3 Å². The van der Waals surface area contributed by atoms with E-state index in [4.69, 9.17) is 24.4 Å². The van der Waals surface area contributed by atoms with Crippen molar-refractivity contribution >= 4 is 57.3 Å². The maximum atomic E-state index is 6.51. The summed E-state index contributed by atoms with van der Waals surface area (Å²) >= 11 is 0. The molecule has 1 aliphatic carbocycles. The molecule has 10 rings (SSSR count). The van der Waals surface area contributed by atoms with Crippen molar-refractivity contribution in [1.29, 1.82) is 0 Å². The Labute approximate surface area is 380 Å². The first-order valence-electron chi connectivity index (χ1n) is 22.0. The van der Waals surface area contributed by atoms with Gasteiger partial charge in [0.15, 0.2) is 0 Å². The van der Waals surface area contributed by atoms with Crippen LogP contribution in [0.5, 0.6) is 0 Å². The summed E-state index contributed by atoms with van der Waals surface area (Å²) in [5.41, 5.74) is 16.2. The number of hydrogen-bond acceptors (Lipinski definition) is 5. The summed E-state index contributed by atoms with van der Waals surface area (Å²) in [6.45, 7) is 20.4. The number of pyridine rings is 3. The Kier molecular flexibility index (Phi) is 12.2. The molecule has 8 heteroatoms. The maximum Gasteiger partial charge on any atom is 0.216 e. The molecule has 1 aliphatic rings. The van der Waals surface area contributed by atoms with Gasteiger partial charge in [-0.25, -0.2) is 4.98 Å². The summed E-state index contributed by atoms with van der Waals surface area (Å²) in [4.78, 5) is 19.7. The van der Waals surface area contributed by atoms with Crippen LogP contribution in [0.1, 0.15) is 74.5 Å². The predicted molar refractivity (Wildman–Crippen MR) is 256 cm³/mol. The van der Waals surface area contributed by atoms with E-state index in [1.54, 1.807) is 0 Å². The molecule has 9 aromatic rings. The molecule has 0 N–H and O–H groups in total. The molecule has 317 valence electrons. The molecule has 0 amide bonds. The molecule has 6 nitrogen and oxygen atoms in total. The van der Waals surface area contributed by atoms with Crippen LogP contribution in [-0.4, -0.2) is 32.6 Å². The summed E-state index contributed by atoms with van der Waals surface area (Å²) in [6.07, 6.45) is 8.32. The summed E-state index contributed by atoms with van der Waals surface area (Å²) in [5.74, 6) is 1.51. The van der Waals surface area contributed by atoms with Gasteiger partial charge in [0.1, 0.15) is 0 Å². The summed E-state index contributed by atoms with van der Waals surface area (Å²) in [5, 5.41) is 4.67. The largest absolute Gasteiger partial charge is 0.486 e. The number of imidazole rings is 1. The third-order valence-electron chi connectivity index (χ3n) is 12.1. The van der Waals surface area contributed by atoms with E-state index >= 15 is 0 Å². The Bertz CT molecular complexity index is 3090. The third kappa shape index (κ3) is 8.21. The van der Waals surface area contributed by atoms with E-state index < -0.39 is 8.07 Å². The number of aryl methyl sites for hydroxylation is 3. The van der Waals surface area contributed by atoms with Crippen LogP contribution < -0.4 is 5.19 Å². The molecule has 0 atom stereocenters. The monoisotopic (exact) mass is 1010 g/mol. The first-order valence-corrected chi connectivity index (χ1v) is 25.5. The molecule has 5 aromatic heterocycles. The third-order valence-corrected chi connectivity index (χ3v) is 14.1. The smallest absolute Gasteiger partial charge is 0.216 e. The summed E-state index contributed by atoms with van der Waals surface area (Å²) in [6, 6.07) is 38.6. The maximum absolute atomic E-state index is 6.51. The molecule has 0 fully saturated rings. The molecular weight excluding hydrogens is 955 g/mol. The van der Waals surface area contributed by atoms with E-state index in [2.05, 4.69) is 144 Å². The average Bonchev–Trinajstić information content (AvgIpc) is 3.83. The number of hydrogen-bond donors (Lipinski definition) is 0. The van der Waals surface area contributed by atoms with Gasteiger partial charge >= 0.3 is 0 Å². The van der Waals surface area contributed by atoms with Crippen LogP contribution in [-0.2, 0) is 39.4 Å². The van der Waals surface area contributed by atoms with Crippen molar-refractivity contribution in [2.75, 3.05) is 0 Å². The number of rotatable bonds is 7. The van der Waals surface area contributed by atoms with Crippen molar-refractivity contribution in [3.8, 4) is 33.9 Å². The minimum atomic E-state index is -1.37. The number of aromatic nitrogens is 5. The minimum Gasteiger partial charge on any atom is -0.486 e. The Morgan fingerprint density at radius 2 is 1.53 bits per heavy atom. The fraction of sp³-hybridized carbons (Fsp3) is 0.296. The fourth-order valence-corrected chi connectivity index (χ4v) is 10.8. The van der Waals surface area contributed by atoms with Gasteiger partial charge in [-0.05, 0) is 86.8 Å². The van der Waals surface area contributed by atoms with Crippen molar-refractivity contribution in [2.24, 2.45) is 5.92 Å². The van der Waals surface area contributed by atoms with Crippen LogP contribution in [0.25, 0.3) is 77.9 Å². The molecule has 0 aliphatic heterocycles. The van der Waals surface area contributed by atoms with Gasteiger partial charge in [-0.2, -0.15) is 0 Å². The van der Waals surface area contributed by atoms with Crippen LogP contribution in [0, 0.1) is 31.9 Å². The molecule has 0 spiro atoms. The molecule has 5 heterocycles. The van der Waals surface area contributed by atoms with Crippen molar-refractivity contribution < 1.29 is 24.5 Å². The van der Waals surface area contributed by atoms with Gasteiger partial charge in [0.05, 0.1) is 41.7 Å². The normalized spacial score (nSPS) is 12.9. The van der Waals surface area contributed by atoms with E-state index in [9.17, 15) is 0 Å². The van der Waals surface area contributed by atoms with Crippen LogP contribution in [0.4, 0.5) is 0 Å². The van der Waals surface area contributed by atoms with E-state index in [0.29, 0.717) is 11.6 Å². The van der Waals surface area contributed by atoms with Gasteiger partial charge in [-0.1, -0.05) is 113 Å². The summed E-state index contributed by atoms with van der Waals surface area (Å²) in [7, 11) is -1.37. The standard InChI is InChI=1S/C32H25N4O.C22H30NSi.Ir/c1-18(2)36-29-22-13-11-20(4)33-26(22)16-17-27(29)34-31(36)24-12-10-19(3)28-23-14-15-25(21-8-6-5-7-9-21)35-32(23)37-30(24)28;1-16(2)13-18-14-21(23-15-22(18)24(3,4)5)20-12-8-10-17-9-6-7-11-19(17)20;/h5-11,13-18H,1-4H3;8,10,14-16H,6-7,9,11,13H2,1-5H3;/q2*-1;. The van der Waals surface area contributed by atoms with Crippen molar-refractivity contribution in [1.82, 2.24) is 24.5 Å². The Morgan fingerprint density at radius 3 is 2.29 bits per heavy atom. The van der Waals surface area contributed by atoms with E-state index in [-0.39, 0.29) is 26.1 Å². The fourth-order valence-electron chi connectivity index (χ4n) is 9.23. The van der Waals surface area contributed by atoms with Gasteiger partial charge in [-0.15, -0.1) is 52.6 Å². The minimum absolute atomic E-state index is 0. The molecule has 62 heavy (non-hydrogen) atoms. The van der Waals surface area contributed by atoms with E-state index in [1.165, 1.54) is 53.1 Å². The Balaban J connectivity index is 0.000000184. The number of furan rings is 1. The van der Waals surface area contributed by atoms with Gasteiger partial charge in [-0.3, -0.25) is 9.97 Å². The van der Waals surface area contributed by atoms with Crippen molar-refractivity contribution in [3.63, 3.8) is 0 Å². The molecule has 0 unspecified atom stereocenters. The first-order chi connectivity index (χ1) is 29.4. The number of nitrogens with zero attached hydrogens (tertiary/aromatic N) is 5. The molecular formula is C54H55IrN5OSi-2. The van der Waals surface area contributed by atoms with E-state index in [1.807, 2.05) is 31.2 Å². The topological polar surface area (TPSA) is 69.6 Å². The Morgan fingerprint density at radius 1 is 0.774 bits per heavy atom.